The Morgan fingerprint density at radius 3 is 2.15 bits per heavy atom. The third-order valence-corrected chi connectivity index (χ3v) is 5.28. The van der Waals surface area contributed by atoms with E-state index in [0.717, 1.165) is 18.8 Å². The molecule has 5 heteroatoms. The molecular weight excluding hydrogens is 328 g/mol. The number of benzene rings is 2. The minimum absolute atomic E-state index is 0.162. The van der Waals surface area contributed by atoms with Gasteiger partial charge in [-0.2, -0.15) is 0 Å². The predicted octanol–water partition coefficient (Wildman–Crippen LogP) is 1.54. The highest BCUT2D eigenvalue weighted by Crippen LogP contribution is 2.22. The van der Waals surface area contributed by atoms with Crippen LogP contribution in [0.1, 0.15) is 39.1 Å². The molecule has 0 spiro atoms. The number of fused-ring (bicyclic) bond motifs is 1. The van der Waals surface area contributed by atoms with Crippen LogP contribution in [0, 0.1) is 0 Å². The van der Waals surface area contributed by atoms with Crippen molar-refractivity contribution in [2.75, 3.05) is 20.2 Å². The van der Waals surface area contributed by atoms with Gasteiger partial charge in [-0.05, 0) is 36.4 Å². The van der Waals surface area contributed by atoms with Crippen LogP contribution < -0.4 is 9.64 Å². The highest BCUT2D eigenvalue weighted by molar-refractivity contribution is 6.21. The van der Waals surface area contributed by atoms with Crippen molar-refractivity contribution in [3.63, 3.8) is 0 Å². The van der Waals surface area contributed by atoms with Crippen LogP contribution in [0.2, 0.25) is 0 Å². The second kappa shape index (κ2) is 6.92. The van der Waals surface area contributed by atoms with Crippen LogP contribution in [0.15, 0.2) is 48.5 Å². The van der Waals surface area contributed by atoms with E-state index < -0.39 is 0 Å². The number of rotatable bonds is 7. The van der Waals surface area contributed by atoms with E-state index in [1.807, 2.05) is 12.1 Å². The van der Waals surface area contributed by atoms with Gasteiger partial charge in [-0.1, -0.05) is 12.1 Å². The van der Waals surface area contributed by atoms with Crippen molar-refractivity contribution in [2.24, 2.45) is 0 Å². The maximum absolute atomic E-state index is 12.5. The Labute approximate surface area is 153 Å². The minimum atomic E-state index is -0.162. The normalized spacial score (nSPS) is 17.3. The van der Waals surface area contributed by atoms with E-state index in [1.54, 1.807) is 31.4 Å². The molecule has 2 amide bonds. The fraction of sp³-hybridized carbons (Fsp3) is 0.333. The summed E-state index contributed by atoms with van der Waals surface area (Å²) < 4.78 is 5.21. The third-order valence-electron chi connectivity index (χ3n) is 5.28. The molecule has 2 aromatic rings. The van der Waals surface area contributed by atoms with Gasteiger partial charge in [-0.25, -0.2) is 0 Å². The number of nitrogens with one attached hydrogen (secondary N) is 1. The number of amides is 2. The van der Waals surface area contributed by atoms with E-state index in [-0.39, 0.29) is 11.8 Å². The Kier molecular flexibility index (Phi) is 4.47. The molecular formula is C21H23N2O3+. The van der Waals surface area contributed by atoms with E-state index in [4.69, 9.17) is 4.74 Å². The molecule has 1 heterocycles. The zero-order valence-electron chi connectivity index (χ0n) is 14.9. The average Bonchev–Trinajstić information content (AvgIpc) is 3.49. The summed E-state index contributed by atoms with van der Waals surface area (Å²) in [5.41, 5.74) is 2.30. The zero-order chi connectivity index (χ0) is 18.1. The van der Waals surface area contributed by atoms with Crippen molar-refractivity contribution in [3.05, 3.63) is 65.2 Å². The minimum Gasteiger partial charge on any atom is -0.497 e. The summed E-state index contributed by atoms with van der Waals surface area (Å²) in [6.45, 7) is 2.15. The summed E-state index contributed by atoms with van der Waals surface area (Å²) >= 11 is 0. The lowest BCUT2D eigenvalue weighted by Gasteiger charge is -2.22. The van der Waals surface area contributed by atoms with E-state index in [9.17, 15) is 9.59 Å². The number of carbonyl (C=O) groups is 2. The van der Waals surface area contributed by atoms with E-state index in [1.165, 1.54) is 28.2 Å². The van der Waals surface area contributed by atoms with Gasteiger partial charge in [0.1, 0.15) is 12.3 Å². The fourth-order valence-electron chi connectivity index (χ4n) is 3.63. The lowest BCUT2D eigenvalue weighted by Crippen LogP contribution is -3.12. The first-order chi connectivity index (χ1) is 12.7. The molecule has 0 saturated heterocycles. The Balaban J connectivity index is 1.42. The monoisotopic (exact) mass is 351 g/mol. The fourth-order valence-corrected chi connectivity index (χ4v) is 3.63. The molecule has 134 valence electrons. The molecule has 1 atom stereocenters. The maximum Gasteiger partial charge on any atom is 0.261 e. The van der Waals surface area contributed by atoms with Gasteiger partial charge >= 0.3 is 0 Å². The molecule has 1 aliphatic carbocycles. The standard InChI is InChI=1S/C21H22N2O3/c1-26-17-10-6-15(7-11-17)14-22(16-8-9-16)12-13-23-20(24)18-4-2-3-5-19(18)21(23)25/h2-7,10-11,16H,8-9,12-14H2,1H3/p+1. The van der Waals surface area contributed by atoms with Crippen LogP contribution in [-0.4, -0.2) is 43.0 Å². The molecule has 0 bridgehead atoms. The van der Waals surface area contributed by atoms with Crippen molar-refractivity contribution in [1.82, 2.24) is 4.90 Å². The van der Waals surface area contributed by atoms with Gasteiger partial charge < -0.3 is 9.64 Å². The Bertz CT molecular complexity index is 792. The maximum atomic E-state index is 12.5. The van der Waals surface area contributed by atoms with Crippen molar-refractivity contribution in [3.8, 4) is 5.75 Å². The molecule has 26 heavy (non-hydrogen) atoms. The molecule has 1 aliphatic heterocycles. The Morgan fingerprint density at radius 2 is 1.62 bits per heavy atom. The van der Waals surface area contributed by atoms with Gasteiger partial charge in [0.25, 0.3) is 11.8 Å². The van der Waals surface area contributed by atoms with Gasteiger partial charge in [0.05, 0.1) is 37.4 Å². The van der Waals surface area contributed by atoms with Gasteiger partial charge in [-0.15, -0.1) is 0 Å². The van der Waals surface area contributed by atoms with Crippen LogP contribution in [0.25, 0.3) is 0 Å². The topological polar surface area (TPSA) is 51.1 Å². The van der Waals surface area contributed by atoms with Gasteiger partial charge in [0.2, 0.25) is 0 Å². The molecule has 4 rings (SSSR count). The lowest BCUT2D eigenvalue weighted by atomic mass is 10.1. The molecule has 0 radical (unpaired) electrons. The lowest BCUT2D eigenvalue weighted by molar-refractivity contribution is -0.924. The molecule has 1 saturated carbocycles. The molecule has 2 aliphatic rings. The largest absolute Gasteiger partial charge is 0.497 e. The van der Waals surface area contributed by atoms with E-state index in [2.05, 4.69) is 12.1 Å². The summed E-state index contributed by atoms with van der Waals surface area (Å²) in [4.78, 5) is 27.9. The number of quaternary nitrogens is 1. The second-order valence-corrected chi connectivity index (χ2v) is 7.01. The molecule has 2 aromatic carbocycles. The first kappa shape index (κ1) is 16.8. The molecule has 1 fully saturated rings. The van der Waals surface area contributed by atoms with Crippen molar-refractivity contribution in [2.45, 2.75) is 25.4 Å². The van der Waals surface area contributed by atoms with Crippen LogP contribution >= 0.6 is 0 Å². The van der Waals surface area contributed by atoms with Crippen LogP contribution in [-0.2, 0) is 6.54 Å². The number of imide groups is 1. The van der Waals surface area contributed by atoms with Crippen molar-refractivity contribution < 1.29 is 19.2 Å². The SMILES string of the molecule is COc1ccc(C[NH+](CCN2C(=O)c3ccccc3C2=O)C2CC2)cc1. The number of ether oxygens (including phenoxy) is 1. The van der Waals surface area contributed by atoms with Crippen LogP contribution in [0.4, 0.5) is 0 Å². The highest BCUT2D eigenvalue weighted by atomic mass is 16.5. The number of carbonyl (C=O) groups excluding carboxylic acids is 2. The summed E-state index contributed by atoms with van der Waals surface area (Å²) in [6, 6.07) is 15.8. The highest BCUT2D eigenvalue weighted by Gasteiger charge is 2.38. The third kappa shape index (κ3) is 3.22. The second-order valence-electron chi connectivity index (χ2n) is 7.01. The van der Waals surface area contributed by atoms with Crippen molar-refractivity contribution in [1.29, 1.82) is 0 Å². The Hall–Kier alpha value is -2.66. The zero-order valence-corrected chi connectivity index (χ0v) is 14.9. The first-order valence-electron chi connectivity index (χ1n) is 9.10. The van der Waals surface area contributed by atoms with Gasteiger partial charge in [0, 0.05) is 18.4 Å². The molecule has 5 nitrogen and oxygen atoms in total. The molecule has 1 N–H and O–H groups in total. The van der Waals surface area contributed by atoms with E-state index >= 15 is 0 Å². The quantitative estimate of drug-likeness (QED) is 0.770. The summed E-state index contributed by atoms with van der Waals surface area (Å²) in [6.07, 6.45) is 2.43. The summed E-state index contributed by atoms with van der Waals surface area (Å²) in [5.74, 6) is 0.531. The number of nitrogens with zero attached hydrogens (tertiary/aromatic N) is 1. The predicted molar refractivity (Wildman–Crippen MR) is 97.4 cm³/mol. The number of methoxy groups -OCH3 is 1. The van der Waals surface area contributed by atoms with Gasteiger partial charge in [0.15, 0.2) is 0 Å². The smallest absolute Gasteiger partial charge is 0.261 e. The van der Waals surface area contributed by atoms with Gasteiger partial charge in [-0.3, -0.25) is 14.5 Å². The summed E-state index contributed by atoms with van der Waals surface area (Å²) in [5, 5.41) is 0. The Morgan fingerprint density at radius 1 is 1.00 bits per heavy atom. The van der Waals surface area contributed by atoms with E-state index in [0.29, 0.717) is 23.7 Å². The van der Waals surface area contributed by atoms with Crippen molar-refractivity contribution >= 4 is 11.8 Å². The number of hydrogen-bond acceptors (Lipinski definition) is 3. The molecule has 0 aromatic heterocycles. The molecule has 1 unspecified atom stereocenters. The number of hydrogen-bond donors (Lipinski definition) is 1. The van der Waals surface area contributed by atoms with Crippen LogP contribution in [0.5, 0.6) is 5.75 Å². The summed E-state index contributed by atoms with van der Waals surface area (Å²) in [7, 11) is 1.67. The van der Waals surface area contributed by atoms with Crippen LogP contribution in [0.3, 0.4) is 0 Å². The average molecular weight is 351 g/mol. The first-order valence-corrected chi connectivity index (χ1v) is 9.10.